The number of hydrogen-bond acceptors (Lipinski definition) is 8. The molecule has 4 aromatic rings. The van der Waals surface area contributed by atoms with E-state index in [2.05, 4.69) is 26.6 Å². The summed E-state index contributed by atoms with van der Waals surface area (Å²) in [5.74, 6) is -0.568. The smallest absolute Gasteiger partial charge is 0.255 e. The maximum Gasteiger partial charge on any atom is 0.255 e. The van der Waals surface area contributed by atoms with Crippen LogP contribution in [0, 0.1) is 0 Å². The molecule has 0 radical (unpaired) electrons. The molecule has 0 fully saturated rings. The molecule has 0 atom stereocenters. The van der Waals surface area contributed by atoms with Gasteiger partial charge in [-0.15, -0.1) is 0 Å². The van der Waals surface area contributed by atoms with Gasteiger partial charge in [0.25, 0.3) is 5.91 Å². The Kier molecular flexibility index (Phi) is 24.6. The van der Waals surface area contributed by atoms with E-state index >= 15 is 0 Å². The van der Waals surface area contributed by atoms with Gasteiger partial charge in [0.05, 0.1) is 11.4 Å². The van der Waals surface area contributed by atoms with Gasteiger partial charge in [-0.05, 0) is 93.3 Å². The highest BCUT2D eigenvalue weighted by Gasteiger charge is 2.11. The second kappa shape index (κ2) is 29.7. The summed E-state index contributed by atoms with van der Waals surface area (Å²) >= 11 is 0. The minimum atomic E-state index is -0.280. The van der Waals surface area contributed by atoms with Crippen molar-refractivity contribution in [1.29, 1.82) is 0 Å². The maximum atomic E-state index is 12.2. The number of unbranched alkanes of at least 4 members (excludes halogenated alkanes) is 6. The van der Waals surface area contributed by atoms with Crippen LogP contribution in [0.5, 0.6) is 0 Å². The summed E-state index contributed by atoms with van der Waals surface area (Å²) in [7, 11) is 1.80. The van der Waals surface area contributed by atoms with E-state index in [1.807, 2.05) is 84.9 Å². The van der Waals surface area contributed by atoms with Gasteiger partial charge >= 0.3 is 0 Å². The van der Waals surface area contributed by atoms with Crippen LogP contribution in [-0.2, 0) is 28.8 Å². The van der Waals surface area contributed by atoms with E-state index in [0.29, 0.717) is 43.4 Å². The molecule has 0 unspecified atom stereocenters. The highest BCUT2D eigenvalue weighted by Crippen LogP contribution is 2.21. The van der Waals surface area contributed by atoms with Gasteiger partial charge in [-0.1, -0.05) is 81.1 Å². The lowest BCUT2D eigenvalue weighted by atomic mass is 10.1. The lowest BCUT2D eigenvalue weighted by Crippen LogP contribution is -2.13. The van der Waals surface area contributed by atoms with Crippen molar-refractivity contribution in [3.63, 3.8) is 0 Å². The highest BCUT2D eigenvalue weighted by atomic mass is 16.2. The molecule has 60 heavy (non-hydrogen) atoms. The molecule has 4 amide bonds. The Morgan fingerprint density at radius 3 is 1.32 bits per heavy atom. The van der Waals surface area contributed by atoms with Crippen molar-refractivity contribution in [3.05, 3.63) is 115 Å². The van der Waals surface area contributed by atoms with E-state index in [4.69, 9.17) is 0 Å². The fraction of sp³-hybridized carbons (Fsp3) is 0.354. The number of Topliss-reactive ketones (excluding diaryl/α,β-unsaturated/α-hetero) is 3. The summed E-state index contributed by atoms with van der Waals surface area (Å²) < 4.78 is 0. The van der Waals surface area contributed by atoms with Crippen molar-refractivity contribution < 1.29 is 33.6 Å². The fourth-order valence-corrected chi connectivity index (χ4v) is 5.68. The zero-order valence-corrected chi connectivity index (χ0v) is 35.4. The number of nitrogens with one attached hydrogen (secondary N) is 5. The maximum absolute atomic E-state index is 12.2. The average Bonchev–Trinajstić information content (AvgIpc) is 3.24. The van der Waals surface area contributed by atoms with Gasteiger partial charge < -0.3 is 31.4 Å². The van der Waals surface area contributed by atoms with Crippen molar-refractivity contribution in [2.45, 2.75) is 104 Å². The van der Waals surface area contributed by atoms with Crippen LogP contribution in [0.25, 0.3) is 0 Å². The number of rotatable bonds is 22. The van der Waals surface area contributed by atoms with E-state index in [1.165, 1.54) is 6.92 Å². The van der Waals surface area contributed by atoms with E-state index in [-0.39, 0.29) is 41.0 Å². The molecule has 12 nitrogen and oxygen atoms in total. The molecule has 12 heteroatoms. The number of carbonyl (C=O) groups excluding carboxylic acids is 7. The molecule has 0 heterocycles. The summed E-state index contributed by atoms with van der Waals surface area (Å²) in [6.07, 6.45) is 9.49. The molecule has 0 aliphatic rings. The van der Waals surface area contributed by atoms with Gasteiger partial charge in [0.2, 0.25) is 17.7 Å². The molecule has 5 N–H and O–H groups in total. The molecular formula is C48H61N5O7. The zero-order chi connectivity index (χ0) is 44.0. The van der Waals surface area contributed by atoms with Gasteiger partial charge in [0.15, 0.2) is 11.6 Å². The number of benzene rings is 4. The van der Waals surface area contributed by atoms with Crippen molar-refractivity contribution in [3.8, 4) is 0 Å². The number of hydrogen-bond donors (Lipinski definition) is 5. The predicted molar refractivity (Wildman–Crippen MR) is 241 cm³/mol. The van der Waals surface area contributed by atoms with Crippen LogP contribution in [0.1, 0.15) is 115 Å². The van der Waals surface area contributed by atoms with Crippen LogP contribution in [0.4, 0.5) is 28.4 Å². The third-order valence-electron chi connectivity index (χ3n) is 8.90. The normalized spacial score (nSPS) is 10.0. The molecule has 320 valence electrons. The van der Waals surface area contributed by atoms with Crippen molar-refractivity contribution in [2.75, 3.05) is 33.6 Å². The minimum absolute atomic E-state index is 0.0124. The van der Waals surface area contributed by atoms with Crippen molar-refractivity contribution in [1.82, 2.24) is 0 Å². The monoisotopic (exact) mass is 819 g/mol. The largest absolute Gasteiger partial charge is 0.386 e. The number of carbonyl (C=O) groups is 7. The van der Waals surface area contributed by atoms with Crippen LogP contribution < -0.4 is 26.6 Å². The van der Waals surface area contributed by atoms with Gasteiger partial charge in [0.1, 0.15) is 5.78 Å². The number of para-hydroxylation sites is 4. The van der Waals surface area contributed by atoms with E-state index in [0.717, 1.165) is 74.1 Å². The minimum Gasteiger partial charge on any atom is -0.386 e. The molecule has 0 aromatic heterocycles. The van der Waals surface area contributed by atoms with E-state index in [9.17, 15) is 33.6 Å². The molecule has 4 rings (SSSR count). The number of anilines is 5. The Morgan fingerprint density at radius 1 is 0.433 bits per heavy atom. The summed E-state index contributed by atoms with van der Waals surface area (Å²) in [5, 5.41) is 14.2. The third-order valence-corrected chi connectivity index (χ3v) is 8.90. The van der Waals surface area contributed by atoms with Crippen molar-refractivity contribution >= 4 is 69.4 Å². The second-order valence-electron chi connectivity index (χ2n) is 14.1. The first kappa shape index (κ1) is 49.7. The van der Waals surface area contributed by atoms with Crippen LogP contribution in [0.3, 0.4) is 0 Å². The van der Waals surface area contributed by atoms with Crippen LogP contribution in [-0.4, -0.2) is 48.0 Å². The first-order valence-corrected chi connectivity index (χ1v) is 20.6. The third kappa shape index (κ3) is 22.5. The number of amides is 4. The quantitative estimate of drug-likeness (QED) is 0.0384. The van der Waals surface area contributed by atoms with Crippen LogP contribution in [0.15, 0.2) is 109 Å². The summed E-state index contributed by atoms with van der Waals surface area (Å²) in [5.41, 5.74) is 4.41. The molecular weight excluding hydrogens is 759 g/mol. The van der Waals surface area contributed by atoms with Crippen molar-refractivity contribution in [2.24, 2.45) is 0 Å². The first-order chi connectivity index (χ1) is 28.9. The van der Waals surface area contributed by atoms with Crippen LogP contribution in [0.2, 0.25) is 0 Å². The van der Waals surface area contributed by atoms with E-state index < -0.39 is 0 Å². The standard InChI is InChI=1S/C17H23NO3.C16H17N3O2.C15H21NO2/c1-2-15(19)16(20)12-8-3-4-9-13-17(21)18-14-10-6-5-7-11-14;1-11(20)18-13-9-7-12(8-10-13)16(21)19-15-6-4-3-5-14(15)17-2;1-13(17)9-5-2-3-8-12-15(18)16-14-10-6-4-7-11-14/h5-7,10-11H,2-4,8-9,12-13H2,1H3,(H,18,21);3-10,17H,1-2H3,(H,18,20)(H,19,21);4,6-7,10-11H,2-3,5,8-9,12H2,1H3,(H,16,18). The zero-order valence-electron chi connectivity index (χ0n) is 35.4. The van der Waals surface area contributed by atoms with Crippen LogP contribution >= 0.6 is 0 Å². The van der Waals surface area contributed by atoms with Gasteiger partial charge in [-0.25, -0.2) is 0 Å². The Morgan fingerprint density at radius 2 is 0.867 bits per heavy atom. The highest BCUT2D eigenvalue weighted by molar-refractivity contribution is 6.37. The number of ketones is 3. The Hall–Kier alpha value is -6.43. The Labute approximate surface area is 354 Å². The van der Waals surface area contributed by atoms with Gasteiger partial charge in [0, 0.05) is 68.7 Å². The second-order valence-corrected chi connectivity index (χ2v) is 14.1. The molecule has 0 bridgehead atoms. The van der Waals surface area contributed by atoms with Gasteiger partial charge in [-0.2, -0.15) is 0 Å². The fourth-order valence-electron chi connectivity index (χ4n) is 5.68. The summed E-state index contributed by atoms with van der Waals surface area (Å²) in [6.45, 7) is 4.76. The topological polar surface area (TPSA) is 180 Å². The molecule has 0 spiro atoms. The SMILES string of the molecule is CC(=O)CCCCCCC(=O)Nc1ccccc1.CCC(=O)C(=O)CCCCCCC(=O)Nc1ccccc1.CNc1ccccc1NC(=O)c1ccc(NC(C)=O)cc1. The Balaban J connectivity index is 0.000000311. The Bertz CT molecular complexity index is 1930. The summed E-state index contributed by atoms with van der Waals surface area (Å²) in [4.78, 5) is 79.5. The molecule has 4 aromatic carbocycles. The molecule has 0 aliphatic carbocycles. The molecule has 0 aliphatic heterocycles. The first-order valence-electron chi connectivity index (χ1n) is 20.6. The lowest BCUT2D eigenvalue weighted by molar-refractivity contribution is -0.136. The molecule has 0 saturated heterocycles. The molecule has 0 saturated carbocycles. The summed E-state index contributed by atoms with van der Waals surface area (Å²) in [6, 6.07) is 33.0. The average molecular weight is 820 g/mol. The van der Waals surface area contributed by atoms with E-state index in [1.54, 1.807) is 45.2 Å². The van der Waals surface area contributed by atoms with Gasteiger partial charge in [-0.3, -0.25) is 28.8 Å². The predicted octanol–water partition coefficient (Wildman–Crippen LogP) is 10.0. The lowest BCUT2D eigenvalue weighted by Gasteiger charge is -2.10.